The Kier molecular flexibility index (Phi) is 5.24. The summed E-state index contributed by atoms with van der Waals surface area (Å²) in [7, 11) is 0. The van der Waals surface area contributed by atoms with Gasteiger partial charge in [0.1, 0.15) is 5.82 Å². The highest BCUT2D eigenvalue weighted by atomic mass is 15.1. The molecule has 1 aliphatic rings. The Morgan fingerprint density at radius 2 is 1.89 bits per heavy atom. The van der Waals surface area contributed by atoms with Gasteiger partial charge in [0.15, 0.2) is 0 Å². The van der Waals surface area contributed by atoms with E-state index in [4.69, 9.17) is 0 Å². The number of hydrogen-bond acceptors (Lipinski definition) is 4. The van der Waals surface area contributed by atoms with Gasteiger partial charge in [-0.1, -0.05) is 32.1 Å². The smallest absolute Gasteiger partial charge is 0.224 e. The lowest BCUT2D eigenvalue weighted by atomic mass is 9.97. The Bertz CT molecular complexity index is 345. The van der Waals surface area contributed by atoms with Crippen LogP contribution in [0.5, 0.6) is 0 Å². The lowest BCUT2D eigenvalue weighted by molar-refractivity contribution is 0.470. The van der Waals surface area contributed by atoms with Crippen molar-refractivity contribution in [2.45, 2.75) is 57.9 Å². The maximum atomic E-state index is 4.48. The molecule has 0 aromatic carbocycles. The molecule has 18 heavy (non-hydrogen) atoms. The Labute approximate surface area is 110 Å². The van der Waals surface area contributed by atoms with Crippen LogP contribution in [0.25, 0.3) is 0 Å². The second kappa shape index (κ2) is 7.19. The van der Waals surface area contributed by atoms with Crippen LogP contribution < -0.4 is 10.6 Å². The van der Waals surface area contributed by atoms with Gasteiger partial charge in [-0.15, -0.1) is 0 Å². The van der Waals surface area contributed by atoms with Gasteiger partial charge in [-0.05, 0) is 25.8 Å². The average Bonchev–Trinajstić information content (AvgIpc) is 2.33. The molecule has 1 heterocycles. The molecule has 0 saturated heterocycles. The summed E-state index contributed by atoms with van der Waals surface area (Å²) in [5.74, 6) is 1.67. The van der Waals surface area contributed by atoms with E-state index in [9.17, 15) is 0 Å². The average molecular weight is 248 g/mol. The van der Waals surface area contributed by atoms with E-state index < -0.39 is 0 Å². The Hall–Kier alpha value is -1.32. The number of nitrogens with zero attached hydrogens (tertiary/aromatic N) is 2. The lowest BCUT2D eigenvalue weighted by Crippen LogP contribution is -2.21. The molecule has 0 spiro atoms. The van der Waals surface area contributed by atoms with Gasteiger partial charge in [0.25, 0.3) is 0 Å². The molecule has 1 aromatic rings. The topological polar surface area (TPSA) is 49.8 Å². The van der Waals surface area contributed by atoms with Crippen molar-refractivity contribution < 1.29 is 0 Å². The fourth-order valence-electron chi connectivity index (χ4n) is 2.49. The van der Waals surface area contributed by atoms with Gasteiger partial charge in [-0.3, -0.25) is 0 Å². The van der Waals surface area contributed by atoms with Gasteiger partial charge in [0, 0.05) is 18.8 Å². The van der Waals surface area contributed by atoms with Crippen molar-refractivity contribution in [3.63, 3.8) is 0 Å². The largest absolute Gasteiger partial charge is 0.367 e. The van der Waals surface area contributed by atoms with Crippen LogP contribution in [0.2, 0.25) is 0 Å². The van der Waals surface area contributed by atoms with Crippen molar-refractivity contribution in [2.24, 2.45) is 0 Å². The predicted molar refractivity (Wildman–Crippen MR) is 75.9 cm³/mol. The molecule has 1 fully saturated rings. The molecule has 100 valence electrons. The minimum absolute atomic E-state index is 0.578. The molecule has 0 amide bonds. The predicted octanol–water partition coefficient (Wildman–Crippen LogP) is 3.43. The minimum atomic E-state index is 0.578. The van der Waals surface area contributed by atoms with Crippen molar-refractivity contribution in [3.05, 3.63) is 12.3 Å². The second-order valence-electron chi connectivity index (χ2n) is 4.98. The molecule has 2 N–H and O–H groups in total. The zero-order valence-corrected chi connectivity index (χ0v) is 11.3. The van der Waals surface area contributed by atoms with Gasteiger partial charge in [-0.25, -0.2) is 4.98 Å². The molecule has 0 bridgehead atoms. The quantitative estimate of drug-likeness (QED) is 0.857. The molecule has 0 unspecified atom stereocenters. The third-order valence-electron chi connectivity index (χ3n) is 3.45. The molecule has 2 rings (SSSR count). The summed E-state index contributed by atoms with van der Waals surface area (Å²) in [5, 5.41) is 6.70. The highest BCUT2D eigenvalue weighted by molar-refractivity contribution is 5.40. The Morgan fingerprint density at radius 1 is 1.17 bits per heavy atom. The Morgan fingerprint density at radius 3 is 2.61 bits per heavy atom. The fraction of sp³-hybridized carbons (Fsp3) is 0.714. The standard InChI is InChI=1S/C14H24N4/c1-2-15-14-16-11-10-13(18-14)17-12-8-6-4-3-5-7-9-12/h10-12H,2-9H2,1H3,(H2,15,16,17,18). The van der Waals surface area contributed by atoms with E-state index in [0.717, 1.165) is 12.4 Å². The van der Waals surface area contributed by atoms with Crippen molar-refractivity contribution >= 4 is 11.8 Å². The molecule has 0 atom stereocenters. The van der Waals surface area contributed by atoms with Crippen LogP contribution in [-0.4, -0.2) is 22.6 Å². The lowest BCUT2D eigenvalue weighted by Gasteiger charge is -2.21. The first-order valence-electron chi connectivity index (χ1n) is 7.22. The van der Waals surface area contributed by atoms with Crippen molar-refractivity contribution in [2.75, 3.05) is 17.2 Å². The maximum Gasteiger partial charge on any atom is 0.224 e. The van der Waals surface area contributed by atoms with E-state index in [-0.39, 0.29) is 0 Å². The van der Waals surface area contributed by atoms with Gasteiger partial charge in [0.05, 0.1) is 0 Å². The molecule has 4 heteroatoms. The normalized spacial score (nSPS) is 17.8. The summed E-state index contributed by atoms with van der Waals surface area (Å²) >= 11 is 0. The summed E-state index contributed by atoms with van der Waals surface area (Å²) in [4.78, 5) is 8.67. The molecule has 0 aliphatic heterocycles. The summed E-state index contributed by atoms with van der Waals surface area (Å²) in [6, 6.07) is 2.54. The van der Waals surface area contributed by atoms with E-state index in [1.165, 1.54) is 44.9 Å². The molecule has 1 aliphatic carbocycles. The van der Waals surface area contributed by atoms with Crippen LogP contribution in [0.1, 0.15) is 51.9 Å². The van der Waals surface area contributed by atoms with Crippen LogP contribution in [0.3, 0.4) is 0 Å². The van der Waals surface area contributed by atoms with Crippen molar-refractivity contribution in [3.8, 4) is 0 Å². The van der Waals surface area contributed by atoms with Crippen molar-refractivity contribution in [1.82, 2.24) is 9.97 Å². The highest BCUT2D eigenvalue weighted by Gasteiger charge is 2.11. The molecule has 0 radical (unpaired) electrons. The fourth-order valence-corrected chi connectivity index (χ4v) is 2.49. The third-order valence-corrected chi connectivity index (χ3v) is 3.45. The summed E-state index contributed by atoms with van der Waals surface area (Å²) in [6.07, 6.45) is 11.2. The summed E-state index contributed by atoms with van der Waals surface area (Å²) < 4.78 is 0. The molecule has 4 nitrogen and oxygen atoms in total. The third kappa shape index (κ3) is 4.17. The van der Waals surface area contributed by atoms with E-state index in [1.54, 1.807) is 0 Å². The highest BCUT2D eigenvalue weighted by Crippen LogP contribution is 2.20. The van der Waals surface area contributed by atoms with Crippen LogP contribution in [0, 0.1) is 0 Å². The first-order valence-corrected chi connectivity index (χ1v) is 7.22. The first-order chi connectivity index (χ1) is 8.88. The number of hydrogen-bond donors (Lipinski definition) is 2. The molecule has 1 saturated carbocycles. The molecule has 1 aromatic heterocycles. The van der Waals surface area contributed by atoms with Crippen LogP contribution >= 0.6 is 0 Å². The van der Waals surface area contributed by atoms with Crippen LogP contribution in [0.15, 0.2) is 12.3 Å². The van der Waals surface area contributed by atoms with Crippen LogP contribution in [0.4, 0.5) is 11.8 Å². The minimum Gasteiger partial charge on any atom is -0.367 e. The molecular formula is C14H24N4. The van der Waals surface area contributed by atoms with Gasteiger partial charge >= 0.3 is 0 Å². The van der Waals surface area contributed by atoms with Gasteiger partial charge < -0.3 is 10.6 Å². The van der Waals surface area contributed by atoms with Gasteiger partial charge in [-0.2, -0.15) is 4.98 Å². The van der Waals surface area contributed by atoms with E-state index in [0.29, 0.717) is 12.0 Å². The summed E-state index contributed by atoms with van der Waals surface area (Å²) in [6.45, 7) is 2.91. The number of aromatic nitrogens is 2. The van der Waals surface area contributed by atoms with E-state index in [2.05, 4.69) is 27.5 Å². The monoisotopic (exact) mass is 248 g/mol. The first kappa shape index (κ1) is 13.1. The number of nitrogens with one attached hydrogen (secondary N) is 2. The molecular weight excluding hydrogens is 224 g/mol. The van der Waals surface area contributed by atoms with Crippen molar-refractivity contribution in [1.29, 1.82) is 0 Å². The zero-order chi connectivity index (χ0) is 12.6. The number of rotatable bonds is 4. The SMILES string of the molecule is CCNc1nccc(NC2CCCCCCC2)n1. The van der Waals surface area contributed by atoms with E-state index >= 15 is 0 Å². The van der Waals surface area contributed by atoms with Crippen LogP contribution in [-0.2, 0) is 0 Å². The zero-order valence-electron chi connectivity index (χ0n) is 11.3. The number of anilines is 2. The Balaban J connectivity index is 1.92. The van der Waals surface area contributed by atoms with E-state index in [1.807, 2.05) is 12.3 Å². The summed E-state index contributed by atoms with van der Waals surface area (Å²) in [5.41, 5.74) is 0. The van der Waals surface area contributed by atoms with Gasteiger partial charge in [0.2, 0.25) is 5.95 Å². The maximum absolute atomic E-state index is 4.48. The second-order valence-corrected chi connectivity index (χ2v) is 4.98.